The van der Waals surface area contributed by atoms with Crippen molar-refractivity contribution in [3.05, 3.63) is 29.8 Å². The van der Waals surface area contributed by atoms with E-state index in [-0.39, 0.29) is 11.8 Å². The summed E-state index contributed by atoms with van der Waals surface area (Å²) in [5.41, 5.74) is 1.78. The van der Waals surface area contributed by atoms with Crippen molar-refractivity contribution in [3.8, 4) is 0 Å². The van der Waals surface area contributed by atoms with Crippen molar-refractivity contribution in [2.24, 2.45) is 5.92 Å². The third kappa shape index (κ3) is 2.98. The highest BCUT2D eigenvalue weighted by Crippen LogP contribution is 2.33. The summed E-state index contributed by atoms with van der Waals surface area (Å²) in [7, 11) is 0. The van der Waals surface area contributed by atoms with Gasteiger partial charge in [-0.05, 0) is 25.3 Å². The maximum absolute atomic E-state index is 12.6. The number of hydrogen-bond donors (Lipinski definition) is 1. The van der Waals surface area contributed by atoms with Crippen molar-refractivity contribution in [1.29, 1.82) is 0 Å². The Balaban J connectivity index is 2.30. The Kier molecular flexibility index (Phi) is 4.59. The first-order valence-electron chi connectivity index (χ1n) is 7.23. The van der Waals surface area contributed by atoms with E-state index in [4.69, 9.17) is 0 Å². The molecule has 1 aromatic carbocycles. The average molecular weight is 261 g/mol. The predicted octanol–water partition coefficient (Wildman–Crippen LogP) is 3.28. The minimum Gasteiger partial charge on any atom is -0.388 e. The molecule has 0 fully saturated rings. The summed E-state index contributed by atoms with van der Waals surface area (Å²) in [4.78, 5) is 14.4. The third-order valence-corrected chi connectivity index (χ3v) is 3.86. The molecule has 0 spiro atoms. The summed E-state index contributed by atoms with van der Waals surface area (Å²) in [5, 5.41) is 10.1. The molecule has 1 amide bonds. The molecule has 0 aliphatic carbocycles. The first kappa shape index (κ1) is 14.1. The Morgan fingerprint density at radius 2 is 2.21 bits per heavy atom. The monoisotopic (exact) mass is 261 g/mol. The Hall–Kier alpha value is -1.35. The van der Waals surface area contributed by atoms with Crippen LogP contribution in [0.1, 0.15) is 51.2 Å². The summed E-state index contributed by atoms with van der Waals surface area (Å²) in [6.07, 6.45) is 3.06. The van der Waals surface area contributed by atoms with Gasteiger partial charge in [0.25, 0.3) is 0 Å². The van der Waals surface area contributed by atoms with Crippen LogP contribution in [0, 0.1) is 5.92 Å². The molecule has 0 aromatic heterocycles. The average Bonchev–Trinajstić information content (AvgIpc) is 2.58. The van der Waals surface area contributed by atoms with Crippen LogP contribution in [-0.2, 0) is 4.79 Å². The Morgan fingerprint density at radius 1 is 1.47 bits per heavy atom. The molecule has 0 bridgehead atoms. The predicted molar refractivity (Wildman–Crippen MR) is 77.1 cm³/mol. The molecule has 1 N–H and O–H groups in total. The van der Waals surface area contributed by atoms with Crippen molar-refractivity contribution in [2.75, 3.05) is 11.4 Å². The second-order valence-electron chi connectivity index (χ2n) is 5.40. The normalized spacial score (nSPS) is 20.6. The molecule has 104 valence electrons. The molecule has 2 atom stereocenters. The highest BCUT2D eigenvalue weighted by molar-refractivity contribution is 5.95. The number of amides is 1. The van der Waals surface area contributed by atoms with E-state index in [2.05, 4.69) is 6.92 Å². The van der Waals surface area contributed by atoms with Crippen molar-refractivity contribution < 1.29 is 9.90 Å². The van der Waals surface area contributed by atoms with Gasteiger partial charge in [0.05, 0.1) is 6.10 Å². The van der Waals surface area contributed by atoms with Gasteiger partial charge in [-0.1, -0.05) is 38.5 Å². The zero-order valence-corrected chi connectivity index (χ0v) is 11.8. The number of carbonyl (C=O) groups excluding carboxylic acids is 1. The van der Waals surface area contributed by atoms with E-state index in [1.54, 1.807) is 0 Å². The molecule has 2 unspecified atom stereocenters. The van der Waals surface area contributed by atoms with E-state index >= 15 is 0 Å². The van der Waals surface area contributed by atoms with Crippen LogP contribution in [0.25, 0.3) is 0 Å². The van der Waals surface area contributed by atoms with Crippen molar-refractivity contribution in [3.63, 3.8) is 0 Å². The molecular formula is C16H23NO2. The molecule has 19 heavy (non-hydrogen) atoms. The fraction of sp³-hybridized carbons (Fsp3) is 0.562. The molecule has 1 aliphatic rings. The van der Waals surface area contributed by atoms with Gasteiger partial charge < -0.3 is 10.0 Å². The first-order valence-corrected chi connectivity index (χ1v) is 7.23. The minimum absolute atomic E-state index is 0.0494. The molecule has 3 heteroatoms. The van der Waals surface area contributed by atoms with Crippen molar-refractivity contribution in [1.82, 2.24) is 0 Å². The molecule has 1 aliphatic heterocycles. The highest BCUT2D eigenvalue weighted by atomic mass is 16.3. The molecular weight excluding hydrogens is 238 g/mol. The summed E-state index contributed by atoms with van der Waals surface area (Å²) in [5.74, 6) is 0.233. The number of aliphatic hydroxyl groups excluding tert-OH is 1. The van der Waals surface area contributed by atoms with E-state index in [0.717, 1.165) is 36.9 Å². The number of rotatable bonds is 3. The molecule has 1 heterocycles. The smallest absolute Gasteiger partial charge is 0.229 e. The summed E-state index contributed by atoms with van der Waals surface area (Å²) in [6, 6.07) is 7.73. The molecule has 2 rings (SSSR count). The van der Waals surface area contributed by atoms with E-state index < -0.39 is 6.10 Å². The fourth-order valence-corrected chi connectivity index (χ4v) is 2.79. The van der Waals surface area contributed by atoms with Gasteiger partial charge in [-0.3, -0.25) is 4.79 Å². The lowest BCUT2D eigenvalue weighted by molar-refractivity contribution is -0.122. The number of benzene rings is 1. The zero-order valence-electron chi connectivity index (χ0n) is 11.8. The first-order chi connectivity index (χ1) is 9.15. The van der Waals surface area contributed by atoms with Gasteiger partial charge in [-0.25, -0.2) is 0 Å². The molecule has 3 nitrogen and oxygen atoms in total. The van der Waals surface area contributed by atoms with E-state index in [1.165, 1.54) is 0 Å². The Bertz CT molecular complexity index is 444. The van der Waals surface area contributed by atoms with E-state index in [0.29, 0.717) is 6.54 Å². The van der Waals surface area contributed by atoms with Gasteiger partial charge in [-0.2, -0.15) is 0 Å². The van der Waals surface area contributed by atoms with E-state index in [9.17, 15) is 9.90 Å². The number of fused-ring (bicyclic) bond motifs is 1. The zero-order chi connectivity index (χ0) is 13.8. The molecule has 0 radical (unpaired) electrons. The number of anilines is 1. The SMILES string of the molecule is CCCC(C)C(=O)N1CCCC(O)c2ccccc21. The largest absolute Gasteiger partial charge is 0.388 e. The van der Waals surface area contributed by atoms with Crippen LogP contribution in [0.2, 0.25) is 0 Å². The summed E-state index contributed by atoms with van der Waals surface area (Å²) < 4.78 is 0. The van der Waals surface area contributed by atoms with E-state index in [1.807, 2.05) is 36.1 Å². The van der Waals surface area contributed by atoms with Crippen molar-refractivity contribution >= 4 is 11.6 Å². The van der Waals surface area contributed by atoms with Crippen LogP contribution in [0.5, 0.6) is 0 Å². The van der Waals surface area contributed by atoms with Gasteiger partial charge >= 0.3 is 0 Å². The summed E-state index contributed by atoms with van der Waals surface area (Å²) in [6.45, 7) is 4.81. The number of carbonyl (C=O) groups is 1. The van der Waals surface area contributed by atoms with Gasteiger partial charge in [0.2, 0.25) is 5.91 Å². The lowest BCUT2D eigenvalue weighted by atomic mass is 10.0. The second-order valence-corrected chi connectivity index (χ2v) is 5.40. The van der Waals surface area contributed by atoms with Crippen LogP contribution in [0.4, 0.5) is 5.69 Å². The number of para-hydroxylation sites is 1. The lowest BCUT2D eigenvalue weighted by Gasteiger charge is -2.26. The maximum atomic E-state index is 12.6. The molecule has 1 aromatic rings. The Morgan fingerprint density at radius 3 is 2.95 bits per heavy atom. The topological polar surface area (TPSA) is 40.5 Å². The van der Waals surface area contributed by atoms with Gasteiger partial charge in [0.1, 0.15) is 0 Å². The number of nitrogens with zero attached hydrogens (tertiary/aromatic N) is 1. The maximum Gasteiger partial charge on any atom is 0.229 e. The highest BCUT2D eigenvalue weighted by Gasteiger charge is 2.27. The van der Waals surface area contributed by atoms with Crippen LogP contribution in [0.15, 0.2) is 24.3 Å². The standard InChI is InChI=1S/C16H23NO2/c1-3-7-12(2)16(19)17-11-6-10-15(18)13-8-4-5-9-14(13)17/h4-5,8-9,12,15,18H,3,6-7,10-11H2,1-2H3. The number of aliphatic hydroxyl groups is 1. The van der Waals surface area contributed by atoms with Crippen LogP contribution in [0.3, 0.4) is 0 Å². The fourth-order valence-electron chi connectivity index (χ4n) is 2.79. The van der Waals surface area contributed by atoms with Crippen molar-refractivity contribution in [2.45, 2.75) is 45.6 Å². The number of hydrogen-bond acceptors (Lipinski definition) is 2. The third-order valence-electron chi connectivity index (χ3n) is 3.86. The van der Waals surface area contributed by atoms with Crippen LogP contribution in [-0.4, -0.2) is 17.6 Å². The van der Waals surface area contributed by atoms with Gasteiger partial charge in [-0.15, -0.1) is 0 Å². The molecule has 0 saturated heterocycles. The molecule has 0 saturated carbocycles. The quantitative estimate of drug-likeness (QED) is 0.907. The van der Waals surface area contributed by atoms with Gasteiger partial charge in [0.15, 0.2) is 0 Å². The van der Waals surface area contributed by atoms with Crippen LogP contribution < -0.4 is 4.90 Å². The minimum atomic E-state index is -0.449. The van der Waals surface area contributed by atoms with Crippen LogP contribution >= 0.6 is 0 Å². The lowest BCUT2D eigenvalue weighted by Crippen LogP contribution is -2.36. The Labute approximate surface area is 115 Å². The van der Waals surface area contributed by atoms with Gasteiger partial charge in [0, 0.05) is 23.7 Å². The second kappa shape index (κ2) is 6.20. The summed E-state index contributed by atoms with van der Waals surface area (Å²) >= 11 is 0.